The second-order valence-corrected chi connectivity index (χ2v) is 7.11. The highest BCUT2D eigenvalue weighted by Crippen LogP contribution is 2.40. The number of pyridine rings is 1. The maximum atomic E-state index is 12.9. The Bertz CT molecular complexity index is 960. The van der Waals surface area contributed by atoms with Gasteiger partial charge in [0.2, 0.25) is 0 Å². The Morgan fingerprint density at radius 3 is 2.79 bits per heavy atom. The predicted molar refractivity (Wildman–Crippen MR) is 95.3 cm³/mol. The molecule has 0 unspecified atom stereocenters. The van der Waals surface area contributed by atoms with Crippen LogP contribution in [0.15, 0.2) is 33.3 Å². The largest absolute Gasteiger partial charge is 0.336 e. The molecule has 1 amide bonds. The Hall–Kier alpha value is -2.21. The molecule has 2 aromatic heterocycles. The van der Waals surface area contributed by atoms with E-state index < -0.39 is 0 Å². The SMILES string of the molecule is Cc1ccc(NC(=O)c2cc(C3CC3)nc3onc(C)c23)c(Br)c1. The first kappa shape index (κ1) is 15.3. The number of fused-ring (bicyclic) bond motifs is 1. The van der Waals surface area contributed by atoms with Gasteiger partial charge >= 0.3 is 0 Å². The van der Waals surface area contributed by atoms with E-state index in [2.05, 4.69) is 31.4 Å². The highest BCUT2D eigenvalue weighted by Gasteiger charge is 2.28. The summed E-state index contributed by atoms with van der Waals surface area (Å²) in [6.45, 7) is 3.83. The van der Waals surface area contributed by atoms with Crippen LogP contribution < -0.4 is 5.32 Å². The number of nitrogens with zero attached hydrogens (tertiary/aromatic N) is 2. The number of carbonyl (C=O) groups is 1. The molecule has 1 aromatic carbocycles. The molecule has 1 aliphatic rings. The van der Waals surface area contributed by atoms with Crippen molar-refractivity contribution in [3.8, 4) is 0 Å². The standard InChI is InChI=1S/C18H16BrN3O2/c1-9-3-6-14(13(19)7-9)20-17(23)12-8-15(11-4-5-11)21-18-16(12)10(2)22-24-18/h3,6-8,11H,4-5H2,1-2H3,(H,20,23). The molecule has 3 aromatic rings. The Kier molecular flexibility index (Phi) is 3.64. The number of aryl methyl sites for hydroxylation is 2. The molecule has 24 heavy (non-hydrogen) atoms. The van der Waals surface area contributed by atoms with Gasteiger partial charge in [0.25, 0.3) is 11.6 Å². The van der Waals surface area contributed by atoms with Gasteiger partial charge < -0.3 is 9.84 Å². The zero-order valence-corrected chi connectivity index (χ0v) is 15.0. The third kappa shape index (κ3) is 2.71. The normalized spacial score (nSPS) is 14.1. The molecule has 0 atom stereocenters. The fraction of sp³-hybridized carbons (Fsp3) is 0.278. The van der Waals surface area contributed by atoms with Crippen LogP contribution in [0.3, 0.4) is 0 Å². The van der Waals surface area contributed by atoms with E-state index in [4.69, 9.17) is 4.52 Å². The Morgan fingerprint density at radius 2 is 2.08 bits per heavy atom. The molecule has 2 heterocycles. The van der Waals surface area contributed by atoms with Crippen molar-refractivity contribution in [3.63, 3.8) is 0 Å². The monoisotopic (exact) mass is 385 g/mol. The number of halogens is 1. The number of rotatable bonds is 3. The van der Waals surface area contributed by atoms with Crippen LogP contribution in [0.2, 0.25) is 0 Å². The Morgan fingerprint density at radius 1 is 1.29 bits per heavy atom. The average molecular weight is 386 g/mol. The molecule has 1 aliphatic carbocycles. The zero-order valence-electron chi connectivity index (χ0n) is 13.4. The van der Waals surface area contributed by atoms with Crippen molar-refractivity contribution in [2.45, 2.75) is 32.6 Å². The lowest BCUT2D eigenvalue weighted by atomic mass is 10.1. The Balaban J connectivity index is 1.76. The molecular formula is C18H16BrN3O2. The van der Waals surface area contributed by atoms with Crippen molar-refractivity contribution in [1.29, 1.82) is 0 Å². The van der Waals surface area contributed by atoms with Gasteiger partial charge in [-0.05, 0) is 66.4 Å². The minimum atomic E-state index is -0.180. The van der Waals surface area contributed by atoms with E-state index in [1.807, 2.05) is 38.1 Å². The molecule has 1 saturated carbocycles. The number of amides is 1. The van der Waals surface area contributed by atoms with E-state index in [0.717, 1.165) is 34.3 Å². The summed E-state index contributed by atoms with van der Waals surface area (Å²) in [6, 6.07) is 7.69. The van der Waals surface area contributed by atoms with Crippen LogP contribution >= 0.6 is 15.9 Å². The van der Waals surface area contributed by atoms with Crippen molar-refractivity contribution in [2.75, 3.05) is 5.32 Å². The minimum absolute atomic E-state index is 0.180. The summed E-state index contributed by atoms with van der Waals surface area (Å²) < 4.78 is 6.15. The second-order valence-electron chi connectivity index (χ2n) is 6.25. The summed E-state index contributed by atoms with van der Waals surface area (Å²) >= 11 is 3.49. The Labute approximate surface area is 147 Å². The summed E-state index contributed by atoms with van der Waals surface area (Å²) in [5.74, 6) is 0.248. The number of hydrogen-bond donors (Lipinski definition) is 1. The lowest BCUT2D eigenvalue weighted by Crippen LogP contribution is -2.14. The molecule has 4 rings (SSSR count). The van der Waals surface area contributed by atoms with Crippen LogP contribution in [-0.2, 0) is 0 Å². The molecule has 122 valence electrons. The molecule has 0 spiro atoms. The van der Waals surface area contributed by atoms with E-state index in [1.54, 1.807) is 0 Å². The highest BCUT2D eigenvalue weighted by atomic mass is 79.9. The topological polar surface area (TPSA) is 68.0 Å². The van der Waals surface area contributed by atoms with Gasteiger partial charge in [-0.2, -0.15) is 0 Å². The van der Waals surface area contributed by atoms with Gasteiger partial charge in [0, 0.05) is 16.1 Å². The summed E-state index contributed by atoms with van der Waals surface area (Å²) in [5, 5.41) is 7.62. The molecule has 1 N–H and O–H groups in total. The van der Waals surface area contributed by atoms with E-state index >= 15 is 0 Å². The predicted octanol–water partition coefficient (Wildman–Crippen LogP) is 4.73. The van der Waals surface area contributed by atoms with E-state index in [-0.39, 0.29) is 5.91 Å². The molecule has 0 saturated heterocycles. The maximum Gasteiger partial charge on any atom is 0.259 e. The van der Waals surface area contributed by atoms with Gasteiger partial charge in [-0.25, -0.2) is 4.98 Å². The van der Waals surface area contributed by atoms with Crippen molar-refractivity contribution in [2.24, 2.45) is 0 Å². The number of benzene rings is 1. The first-order chi connectivity index (χ1) is 11.5. The minimum Gasteiger partial charge on any atom is -0.336 e. The van der Waals surface area contributed by atoms with Crippen molar-refractivity contribution in [1.82, 2.24) is 10.1 Å². The van der Waals surface area contributed by atoms with Crippen LogP contribution in [0.5, 0.6) is 0 Å². The molecule has 0 radical (unpaired) electrons. The summed E-state index contributed by atoms with van der Waals surface area (Å²) in [4.78, 5) is 17.4. The van der Waals surface area contributed by atoms with Crippen LogP contribution in [0, 0.1) is 13.8 Å². The first-order valence-corrected chi connectivity index (χ1v) is 8.66. The van der Waals surface area contributed by atoms with Gasteiger partial charge in [-0.3, -0.25) is 4.79 Å². The van der Waals surface area contributed by atoms with Gasteiger partial charge in [0.15, 0.2) is 0 Å². The van der Waals surface area contributed by atoms with E-state index in [0.29, 0.717) is 28.3 Å². The lowest BCUT2D eigenvalue weighted by molar-refractivity contribution is 0.102. The van der Waals surface area contributed by atoms with Crippen LogP contribution in [0.1, 0.15) is 46.1 Å². The maximum absolute atomic E-state index is 12.9. The van der Waals surface area contributed by atoms with Crippen molar-refractivity contribution in [3.05, 3.63) is 51.3 Å². The van der Waals surface area contributed by atoms with Crippen molar-refractivity contribution < 1.29 is 9.32 Å². The third-order valence-electron chi connectivity index (χ3n) is 4.25. The lowest BCUT2D eigenvalue weighted by Gasteiger charge is -2.10. The summed E-state index contributed by atoms with van der Waals surface area (Å²) in [6.07, 6.45) is 2.21. The van der Waals surface area contributed by atoms with Crippen LogP contribution in [-0.4, -0.2) is 16.0 Å². The quantitative estimate of drug-likeness (QED) is 0.707. The fourth-order valence-corrected chi connectivity index (χ4v) is 3.38. The molecule has 0 bridgehead atoms. The second kappa shape index (κ2) is 5.70. The smallest absolute Gasteiger partial charge is 0.259 e. The number of hydrogen-bond acceptors (Lipinski definition) is 4. The van der Waals surface area contributed by atoms with Gasteiger partial charge in [0.1, 0.15) is 0 Å². The first-order valence-electron chi connectivity index (χ1n) is 7.87. The van der Waals surface area contributed by atoms with E-state index in [9.17, 15) is 4.79 Å². The summed E-state index contributed by atoms with van der Waals surface area (Å²) in [5.41, 5.74) is 4.44. The summed E-state index contributed by atoms with van der Waals surface area (Å²) in [7, 11) is 0. The van der Waals surface area contributed by atoms with Crippen LogP contribution in [0.25, 0.3) is 11.1 Å². The van der Waals surface area contributed by atoms with Crippen molar-refractivity contribution >= 4 is 38.6 Å². The number of anilines is 1. The van der Waals surface area contributed by atoms with Gasteiger partial charge in [0.05, 0.1) is 22.3 Å². The molecular weight excluding hydrogens is 370 g/mol. The zero-order chi connectivity index (χ0) is 16.8. The number of nitrogens with one attached hydrogen (secondary N) is 1. The molecule has 6 heteroatoms. The van der Waals surface area contributed by atoms with Gasteiger partial charge in [-0.15, -0.1) is 0 Å². The average Bonchev–Trinajstić information content (AvgIpc) is 3.33. The third-order valence-corrected chi connectivity index (χ3v) is 4.91. The van der Waals surface area contributed by atoms with Crippen LogP contribution in [0.4, 0.5) is 5.69 Å². The number of carbonyl (C=O) groups excluding carboxylic acids is 1. The van der Waals surface area contributed by atoms with Gasteiger partial charge in [-0.1, -0.05) is 11.2 Å². The number of aromatic nitrogens is 2. The van der Waals surface area contributed by atoms with E-state index in [1.165, 1.54) is 0 Å². The molecule has 1 fully saturated rings. The fourth-order valence-electron chi connectivity index (χ4n) is 2.79. The highest BCUT2D eigenvalue weighted by molar-refractivity contribution is 9.10. The molecule has 0 aliphatic heterocycles. The molecule has 5 nitrogen and oxygen atoms in total.